The van der Waals surface area contributed by atoms with Crippen molar-refractivity contribution in [2.24, 2.45) is 5.10 Å². The van der Waals surface area contributed by atoms with Crippen LogP contribution in [0.25, 0.3) is 0 Å². The molecule has 8 heteroatoms. The number of nitrogens with zero attached hydrogens (tertiary/aromatic N) is 1. The molecule has 0 saturated carbocycles. The van der Waals surface area contributed by atoms with Gasteiger partial charge in [0.2, 0.25) is 0 Å². The fraction of sp³-hybridized carbons (Fsp3) is 0.100. The number of hydrazone groups is 1. The highest BCUT2D eigenvalue weighted by Crippen LogP contribution is 2.33. The largest absolute Gasteiger partial charge is 0.493 e. The van der Waals surface area contributed by atoms with E-state index in [1.165, 1.54) is 31.7 Å². The number of carbonyl (C=O) groups excluding carboxylic acids is 1. The van der Waals surface area contributed by atoms with Gasteiger partial charge in [-0.05, 0) is 46.3 Å². The van der Waals surface area contributed by atoms with Crippen LogP contribution in [0.15, 0.2) is 68.8 Å². The van der Waals surface area contributed by atoms with Crippen molar-refractivity contribution in [3.63, 3.8) is 0 Å². The molecule has 0 saturated heterocycles. The van der Waals surface area contributed by atoms with Crippen molar-refractivity contribution in [2.45, 2.75) is 6.61 Å². The van der Waals surface area contributed by atoms with E-state index in [4.69, 9.17) is 13.9 Å². The molecule has 0 aliphatic rings. The van der Waals surface area contributed by atoms with Gasteiger partial charge in [0.1, 0.15) is 12.4 Å². The highest BCUT2D eigenvalue weighted by molar-refractivity contribution is 9.10. The summed E-state index contributed by atoms with van der Waals surface area (Å²) in [6.45, 7) is 0.0577. The first kappa shape index (κ1) is 19.6. The van der Waals surface area contributed by atoms with Gasteiger partial charge in [-0.1, -0.05) is 18.2 Å². The van der Waals surface area contributed by atoms with Crippen LogP contribution in [0.3, 0.4) is 0 Å². The van der Waals surface area contributed by atoms with Gasteiger partial charge in [-0.25, -0.2) is 9.82 Å². The van der Waals surface area contributed by atoms with Crippen LogP contribution in [0.5, 0.6) is 11.5 Å². The van der Waals surface area contributed by atoms with Gasteiger partial charge < -0.3 is 13.9 Å². The third-order valence-electron chi connectivity index (χ3n) is 3.74. The van der Waals surface area contributed by atoms with E-state index in [1.807, 2.05) is 0 Å². The Morgan fingerprint density at radius 2 is 2.07 bits per heavy atom. The molecular weight excluding hydrogens is 431 g/mol. The molecule has 0 radical (unpaired) electrons. The summed E-state index contributed by atoms with van der Waals surface area (Å²) >= 11 is 3.43. The molecule has 0 aliphatic carbocycles. The molecule has 0 bridgehead atoms. The Balaban J connectivity index is 1.71. The minimum absolute atomic E-state index is 0.0577. The maximum Gasteiger partial charge on any atom is 0.307 e. The summed E-state index contributed by atoms with van der Waals surface area (Å²) in [5, 5.41) is 3.91. The van der Waals surface area contributed by atoms with E-state index in [2.05, 4.69) is 26.5 Å². The molecule has 1 heterocycles. The molecule has 1 amide bonds. The minimum atomic E-state index is -0.464. The molecule has 3 aromatic rings. The molecule has 1 aromatic heterocycles. The predicted molar refractivity (Wildman–Crippen MR) is 105 cm³/mol. The summed E-state index contributed by atoms with van der Waals surface area (Å²) in [4.78, 5) is 11.8. The van der Waals surface area contributed by atoms with Gasteiger partial charge in [-0.3, -0.25) is 4.79 Å². The lowest BCUT2D eigenvalue weighted by molar-refractivity contribution is 0.0927. The summed E-state index contributed by atoms with van der Waals surface area (Å²) in [7, 11) is 1.50. The fourth-order valence-corrected chi connectivity index (χ4v) is 2.74. The third-order valence-corrected chi connectivity index (χ3v) is 4.43. The number of methoxy groups -OCH3 is 1. The second kappa shape index (κ2) is 9.18. The Kier molecular flexibility index (Phi) is 6.44. The zero-order valence-electron chi connectivity index (χ0n) is 14.8. The van der Waals surface area contributed by atoms with Gasteiger partial charge in [-0.2, -0.15) is 5.10 Å². The Morgan fingerprint density at radius 1 is 1.25 bits per heavy atom. The van der Waals surface area contributed by atoms with Crippen molar-refractivity contribution in [1.82, 2.24) is 5.43 Å². The highest BCUT2D eigenvalue weighted by Gasteiger charge is 2.11. The van der Waals surface area contributed by atoms with Crippen molar-refractivity contribution in [1.29, 1.82) is 0 Å². The molecule has 2 aromatic carbocycles. The van der Waals surface area contributed by atoms with Crippen LogP contribution in [0.2, 0.25) is 0 Å². The van der Waals surface area contributed by atoms with Crippen LogP contribution < -0.4 is 14.9 Å². The number of rotatable bonds is 7. The highest BCUT2D eigenvalue weighted by atomic mass is 79.9. The number of ether oxygens (including phenoxy) is 2. The predicted octanol–water partition coefficient (Wildman–Crippen LogP) is 4.53. The van der Waals surface area contributed by atoms with Crippen LogP contribution in [0, 0.1) is 5.82 Å². The maximum atomic E-state index is 13.7. The van der Waals surface area contributed by atoms with E-state index in [0.29, 0.717) is 27.1 Å². The van der Waals surface area contributed by atoms with Crippen molar-refractivity contribution >= 4 is 28.1 Å². The summed E-state index contributed by atoms with van der Waals surface area (Å²) in [5.74, 6) is 0.240. The van der Waals surface area contributed by atoms with E-state index >= 15 is 0 Å². The zero-order chi connectivity index (χ0) is 19.9. The SMILES string of the molecule is COc1cc(/C=N\NC(=O)c2ccco2)c(Br)cc1OCc1ccccc1F. The van der Waals surface area contributed by atoms with Gasteiger partial charge in [0.05, 0.1) is 19.6 Å². The lowest BCUT2D eigenvalue weighted by atomic mass is 10.2. The summed E-state index contributed by atoms with van der Waals surface area (Å²) in [5.41, 5.74) is 3.45. The summed E-state index contributed by atoms with van der Waals surface area (Å²) in [6.07, 6.45) is 2.86. The number of furan rings is 1. The second-order valence-electron chi connectivity index (χ2n) is 5.58. The normalized spacial score (nSPS) is 10.8. The van der Waals surface area contributed by atoms with Crippen LogP contribution >= 0.6 is 15.9 Å². The quantitative estimate of drug-likeness (QED) is 0.427. The first-order chi connectivity index (χ1) is 13.6. The standard InChI is InChI=1S/C20H16BrFN2O4/c1-26-18-9-14(11-23-24-20(25)17-7-4-8-27-17)15(21)10-19(18)28-12-13-5-2-3-6-16(13)22/h2-11H,12H2,1H3,(H,24,25)/b23-11-. The van der Waals surface area contributed by atoms with Crippen LogP contribution in [0.4, 0.5) is 4.39 Å². The number of halogens is 2. The van der Waals surface area contributed by atoms with Crippen molar-refractivity contribution in [3.05, 3.63) is 82.0 Å². The minimum Gasteiger partial charge on any atom is -0.493 e. The molecule has 144 valence electrons. The number of hydrogen-bond acceptors (Lipinski definition) is 5. The number of amides is 1. The molecule has 0 atom stereocenters. The molecule has 0 spiro atoms. The van der Waals surface area contributed by atoms with Crippen LogP contribution in [-0.2, 0) is 6.61 Å². The smallest absolute Gasteiger partial charge is 0.307 e. The number of benzene rings is 2. The van der Waals surface area contributed by atoms with Gasteiger partial charge in [-0.15, -0.1) is 0 Å². The van der Waals surface area contributed by atoms with E-state index in [0.717, 1.165) is 0 Å². The van der Waals surface area contributed by atoms with E-state index < -0.39 is 5.91 Å². The van der Waals surface area contributed by atoms with Gasteiger partial charge in [0, 0.05) is 15.6 Å². The Labute approximate surface area is 169 Å². The average Bonchev–Trinajstić information content (AvgIpc) is 3.23. The summed E-state index contributed by atoms with van der Waals surface area (Å²) in [6, 6.07) is 12.9. The molecule has 6 nitrogen and oxygen atoms in total. The van der Waals surface area contributed by atoms with E-state index in [1.54, 1.807) is 36.4 Å². The van der Waals surface area contributed by atoms with Crippen molar-refractivity contribution in [3.8, 4) is 11.5 Å². The number of carbonyl (C=O) groups is 1. The molecule has 0 aliphatic heterocycles. The third kappa shape index (κ3) is 4.77. The molecule has 28 heavy (non-hydrogen) atoms. The maximum absolute atomic E-state index is 13.7. The van der Waals surface area contributed by atoms with Gasteiger partial charge >= 0.3 is 5.91 Å². The van der Waals surface area contributed by atoms with E-state index in [-0.39, 0.29) is 18.2 Å². The lowest BCUT2D eigenvalue weighted by Crippen LogP contribution is -2.16. The fourth-order valence-electron chi connectivity index (χ4n) is 2.32. The molecule has 0 fully saturated rings. The monoisotopic (exact) mass is 446 g/mol. The van der Waals surface area contributed by atoms with Crippen LogP contribution in [-0.4, -0.2) is 19.2 Å². The number of hydrogen-bond donors (Lipinski definition) is 1. The molecule has 0 unspecified atom stereocenters. The van der Waals surface area contributed by atoms with Crippen molar-refractivity contribution < 1.29 is 23.1 Å². The first-order valence-electron chi connectivity index (χ1n) is 8.19. The van der Waals surface area contributed by atoms with Crippen LogP contribution in [0.1, 0.15) is 21.7 Å². The summed E-state index contributed by atoms with van der Waals surface area (Å²) < 4.78 is 30.4. The molecule has 3 rings (SSSR count). The first-order valence-corrected chi connectivity index (χ1v) is 8.98. The Morgan fingerprint density at radius 3 is 2.79 bits per heavy atom. The topological polar surface area (TPSA) is 73.1 Å². The molecule has 1 N–H and O–H groups in total. The van der Waals surface area contributed by atoms with Gasteiger partial charge in [0.15, 0.2) is 17.3 Å². The molecular formula is C20H16BrFN2O4. The zero-order valence-corrected chi connectivity index (χ0v) is 16.4. The van der Waals surface area contributed by atoms with Crippen molar-refractivity contribution in [2.75, 3.05) is 7.11 Å². The lowest BCUT2D eigenvalue weighted by Gasteiger charge is -2.13. The Hall–Kier alpha value is -3.13. The van der Waals surface area contributed by atoms with E-state index in [9.17, 15) is 9.18 Å². The average molecular weight is 447 g/mol. The second-order valence-corrected chi connectivity index (χ2v) is 6.44. The van der Waals surface area contributed by atoms with Gasteiger partial charge in [0.25, 0.3) is 0 Å². The number of nitrogens with one attached hydrogen (secondary N) is 1. The Bertz CT molecular complexity index is 990.